The van der Waals surface area contributed by atoms with Gasteiger partial charge >= 0.3 is 5.97 Å². The Kier molecular flexibility index (Phi) is 8.16. The molecule has 3 aliphatic rings. The lowest BCUT2D eigenvalue weighted by atomic mass is 10.0. The van der Waals surface area contributed by atoms with E-state index < -0.39 is 23.4 Å². The third-order valence-corrected chi connectivity index (χ3v) is 10.2. The first-order chi connectivity index (χ1) is 24.1. The summed E-state index contributed by atoms with van der Waals surface area (Å²) in [7, 11) is 1.27. The number of fused-ring (bicyclic) bond motifs is 3. The van der Waals surface area contributed by atoms with Gasteiger partial charge in [-0.25, -0.2) is 23.5 Å². The molecule has 11 nitrogen and oxygen atoms in total. The molecule has 2 saturated heterocycles. The molecule has 2 aromatic heterocycles. The molecular formula is C36H35ClF2N6O5. The number of esters is 1. The Hall–Kier alpha value is -4.72. The fourth-order valence-electron chi connectivity index (χ4n) is 7.41. The van der Waals surface area contributed by atoms with Gasteiger partial charge in [-0.3, -0.25) is 4.90 Å². The molecule has 0 spiro atoms. The largest absolute Gasteiger partial charge is 0.465 e. The number of nitrogens with zero attached hydrogens (tertiary/aromatic N) is 6. The first kappa shape index (κ1) is 32.5. The maximum Gasteiger partial charge on any atom is 0.338 e. The molecule has 0 saturated carbocycles. The van der Waals surface area contributed by atoms with E-state index in [9.17, 15) is 4.79 Å². The van der Waals surface area contributed by atoms with Gasteiger partial charge in [-0.05, 0) is 49.4 Å². The van der Waals surface area contributed by atoms with E-state index in [0.29, 0.717) is 68.8 Å². The van der Waals surface area contributed by atoms with Gasteiger partial charge in [-0.1, -0.05) is 17.7 Å². The summed E-state index contributed by atoms with van der Waals surface area (Å²) in [5.74, 6) is -0.495. The summed E-state index contributed by atoms with van der Waals surface area (Å²) >= 11 is 6.01. The molecule has 50 heavy (non-hydrogen) atoms. The number of hydrogen-bond acceptors (Lipinski definition) is 9. The maximum atomic E-state index is 15.5. The lowest BCUT2D eigenvalue weighted by Gasteiger charge is -2.44. The summed E-state index contributed by atoms with van der Waals surface area (Å²) in [6.45, 7) is 7.39. The average molecular weight is 705 g/mol. The number of benzene rings is 3. The van der Waals surface area contributed by atoms with E-state index in [1.54, 1.807) is 31.3 Å². The van der Waals surface area contributed by atoms with Gasteiger partial charge in [-0.15, -0.1) is 0 Å². The van der Waals surface area contributed by atoms with Crippen molar-refractivity contribution in [1.29, 1.82) is 0 Å². The first-order valence-corrected chi connectivity index (χ1v) is 16.8. The van der Waals surface area contributed by atoms with E-state index in [1.165, 1.54) is 19.2 Å². The highest BCUT2D eigenvalue weighted by atomic mass is 35.5. The molecule has 0 amide bonds. The third-order valence-electron chi connectivity index (χ3n) is 9.95. The second kappa shape index (κ2) is 12.6. The molecule has 0 N–H and O–H groups in total. The summed E-state index contributed by atoms with van der Waals surface area (Å²) in [5, 5.41) is 0.288. The minimum absolute atomic E-state index is 0.0124. The van der Waals surface area contributed by atoms with Gasteiger partial charge in [0.1, 0.15) is 23.0 Å². The Bertz CT molecular complexity index is 2120. The zero-order valence-electron chi connectivity index (χ0n) is 27.7. The van der Waals surface area contributed by atoms with Crippen LogP contribution in [0.5, 0.6) is 11.5 Å². The number of para-hydroxylation sites is 1. The second-order valence-electron chi connectivity index (χ2n) is 12.9. The second-order valence-corrected chi connectivity index (χ2v) is 13.3. The molecule has 5 aromatic rings. The number of aryl methyl sites for hydroxylation is 3. The van der Waals surface area contributed by atoms with Crippen molar-refractivity contribution >= 4 is 34.3 Å². The number of ether oxygens (including phenoxy) is 4. The maximum absolute atomic E-state index is 15.5. The van der Waals surface area contributed by atoms with E-state index in [4.69, 9.17) is 35.5 Å². The molecule has 5 heterocycles. The number of anilines is 1. The van der Waals surface area contributed by atoms with Crippen LogP contribution in [0.15, 0.2) is 60.9 Å². The number of methoxy groups -OCH3 is 1. The van der Waals surface area contributed by atoms with Crippen molar-refractivity contribution in [2.24, 2.45) is 0 Å². The highest BCUT2D eigenvalue weighted by Gasteiger charge is 2.46. The monoisotopic (exact) mass is 704 g/mol. The van der Waals surface area contributed by atoms with Gasteiger partial charge in [0.05, 0.1) is 61.3 Å². The molecule has 3 aromatic carbocycles. The molecule has 14 heteroatoms. The Morgan fingerprint density at radius 1 is 1.06 bits per heavy atom. The van der Waals surface area contributed by atoms with Crippen LogP contribution in [0, 0.1) is 18.6 Å². The van der Waals surface area contributed by atoms with Crippen LogP contribution in [0.1, 0.15) is 34.5 Å². The van der Waals surface area contributed by atoms with Crippen LogP contribution in [0.2, 0.25) is 5.02 Å². The quantitative estimate of drug-likeness (QED) is 0.189. The number of imidazole rings is 2. The number of rotatable bonds is 8. The van der Waals surface area contributed by atoms with E-state index in [2.05, 4.69) is 14.8 Å². The van der Waals surface area contributed by atoms with Gasteiger partial charge < -0.3 is 33.0 Å². The molecule has 0 bridgehead atoms. The Labute approximate surface area is 291 Å². The third kappa shape index (κ3) is 5.53. The molecule has 260 valence electrons. The van der Waals surface area contributed by atoms with E-state index >= 15 is 8.78 Å². The highest BCUT2D eigenvalue weighted by molar-refractivity contribution is 6.30. The van der Waals surface area contributed by atoms with Crippen molar-refractivity contribution in [1.82, 2.24) is 24.0 Å². The highest BCUT2D eigenvalue weighted by Crippen LogP contribution is 2.51. The molecule has 8 rings (SSSR count). The van der Waals surface area contributed by atoms with Crippen molar-refractivity contribution in [2.75, 3.05) is 38.3 Å². The van der Waals surface area contributed by atoms with Crippen LogP contribution in [-0.4, -0.2) is 75.5 Å². The van der Waals surface area contributed by atoms with Crippen LogP contribution in [0.3, 0.4) is 0 Å². The van der Waals surface area contributed by atoms with Crippen LogP contribution in [0.4, 0.5) is 14.5 Å². The fourth-order valence-corrected chi connectivity index (χ4v) is 7.57. The van der Waals surface area contributed by atoms with Gasteiger partial charge in [-0.2, -0.15) is 0 Å². The number of hydrogen-bond donors (Lipinski definition) is 0. The number of carbonyl (C=O) groups excluding carboxylic acids is 1. The summed E-state index contributed by atoms with van der Waals surface area (Å²) in [5.41, 5.74) is 1.93. The predicted molar refractivity (Wildman–Crippen MR) is 181 cm³/mol. The van der Waals surface area contributed by atoms with E-state index in [1.807, 2.05) is 40.5 Å². The summed E-state index contributed by atoms with van der Waals surface area (Å²) in [4.78, 5) is 26.1. The zero-order valence-corrected chi connectivity index (χ0v) is 28.5. The molecule has 2 fully saturated rings. The van der Waals surface area contributed by atoms with Gasteiger partial charge in [0.25, 0.3) is 5.79 Å². The summed E-state index contributed by atoms with van der Waals surface area (Å²) in [6.07, 6.45) is 3.64. The normalized spacial score (nSPS) is 21.6. The van der Waals surface area contributed by atoms with E-state index in [0.717, 1.165) is 11.5 Å². The SMILES string of the molecule is COC(=O)c1cc(F)c2nc(CN3CCN(c4cccc5c4OC(C)(c4ccc(Cl)cc4F)O5)[C@H]4COC[C@H]43)n(CCn3ccnc3C)c2c1. The van der Waals surface area contributed by atoms with Crippen molar-refractivity contribution in [2.45, 2.75) is 51.4 Å². The smallest absolute Gasteiger partial charge is 0.338 e. The lowest BCUT2D eigenvalue weighted by molar-refractivity contribution is -0.0705. The zero-order chi connectivity index (χ0) is 34.7. The average Bonchev–Trinajstić information content (AvgIpc) is 3.89. The Balaban J connectivity index is 1.08. The van der Waals surface area contributed by atoms with Crippen molar-refractivity contribution in [3.8, 4) is 11.5 Å². The van der Waals surface area contributed by atoms with Crippen molar-refractivity contribution < 1.29 is 32.5 Å². The number of carbonyl (C=O) groups is 1. The number of halogens is 3. The van der Waals surface area contributed by atoms with Crippen LogP contribution in [0.25, 0.3) is 11.0 Å². The predicted octanol–water partition coefficient (Wildman–Crippen LogP) is 5.69. The minimum atomic E-state index is -1.38. The molecule has 3 atom stereocenters. The van der Waals surface area contributed by atoms with Crippen LogP contribution in [-0.2, 0) is 34.9 Å². The van der Waals surface area contributed by atoms with Gasteiger partial charge in [0, 0.05) is 50.5 Å². The molecule has 3 aliphatic heterocycles. The number of piperazine rings is 1. The number of aromatic nitrogens is 4. The molecule has 0 radical (unpaired) electrons. The van der Waals surface area contributed by atoms with E-state index in [-0.39, 0.29) is 33.7 Å². The summed E-state index contributed by atoms with van der Waals surface area (Å²) < 4.78 is 58.1. The Morgan fingerprint density at radius 2 is 1.90 bits per heavy atom. The van der Waals surface area contributed by atoms with Gasteiger partial charge in [0.2, 0.25) is 0 Å². The van der Waals surface area contributed by atoms with Crippen LogP contribution >= 0.6 is 11.6 Å². The van der Waals surface area contributed by atoms with Crippen molar-refractivity contribution in [3.05, 3.63) is 100 Å². The minimum Gasteiger partial charge on any atom is -0.465 e. The summed E-state index contributed by atoms with van der Waals surface area (Å²) in [6, 6.07) is 12.9. The molecule has 1 unspecified atom stereocenters. The fraction of sp³-hybridized carbons (Fsp3) is 0.361. The molecular weight excluding hydrogens is 670 g/mol. The Morgan fingerprint density at radius 3 is 2.68 bits per heavy atom. The standard InChI is InChI=1S/C36H35ClF2N6O5/c1-21-40-9-10-42(21)11-14-45-28-16-22(35(46)47-3)15-26(39)33(28)41-32(45)18-43-12-13-44(30-20-48-19-29(30)43)27-5-4-6-31-34(27)50-36(2,49-31)24-8-7-23(37)17-25(24)38/h4-10,15-17,29-30H,11-14,18-20H2,1-3H3/t29-,30+,36?/m1/s1. The van der Waals surface area contributed by atoms with Crippen molar-refractivity contribution in [3.63, 3.8) is 0 Å². The van der Waals surface area contributed by atoms with Crippen LogP contribution < -0.4 is 14.4 Å². The topological polar surface area (TPSA) is 96.1 Å². The lowest BCUT2D eigenvalue weighted by Crippen LogP contribution is -2.59. The van der Waals surface area contributed by atoms with Gasteiger partial charge in [0.15, 0.2) is 17.3 Å². The first-order valence-electron chi connectivity index (χ1n) is 16.4. The molecule has 0 aliphatic carbocycles.